The third kappa shape index (κ3) is 5.54. The van der Waals surface area contributed by atoms with Gasteiger partial charge in [-0.2, -0.15) is 0 Å². The van der Waals surface area contributed by atoms with Gasteiger partial charge in [0, 0.05) is 0 Å². The Balaban J connectivity index is 1.62. The molecule has 2 N–H and O–H groups in total. The molecule has 0 aliphatic heterocycles. The average molecular weight is 300 g/mol. The summed E-state index contributed by atoms with van der Waals surface area (Å²) in [5, 5.41) is 0. The van der Waals surface area contributed by atoms with Crippen LogP contribution in [0.25, 0.3) is 0 Å². The molecule has 0 spiro atoms. The Bertz CT molecular complexity index is 547. The van der Waals surface area contributed by atoms with Gasteiger partial charge in [0.25, 0.3) is 11.8 Å². The molecule has 2 amide bonds. The number of carbonyl (C=O) groups is 2. The quantitative estimate of drug-likeness (QED) is 0.788. The number of hydrazine groups is 1. The fourth-order valence-electron chi connectivity index (χ4n) is 1.54. The topological polar surface area (TPSA) is 76.7 Å². The zero-order valence-corrected chi connectivity index (χ0v) is 11.8. The highest BCUT2D eigenvalue weighted by molar-refractivity contribution is 5.83. The van der Waals surface area contributed by atoms with Gasteiger partial charge in [0.1, 0.15) is 11.5 Å². The van der Waals surface area contributed by atoms with E-state index in [0.29, 0.717) is 11.5 Å². The van der Waals surface area contributed by atoms with Crippen LogP contribution in [0.2, 0.25) is 0 Å². The number of amides is 2. The first-order chi connectivity index (χ1) is 10.7. The molecule has 2 aromatic carbocycles. The molecular weight excluding hydrogens is 284 g/mol. The summed E-state index contributed by atoms with van der Waals surface area (Å²) in [7, 11) is 0. The van der Waals surface area contributed by atoms with Crippen LogP contribution in [0, 0.1) is 0 Å². The Morgan fingerprint density at radius 3 is 1.41 bits per heavy atom. The summed E-state index contributed by atoms with van der Waals surface area (Å²) in [6, 6.07) is 17.8. The Hall–Kier alpha value is -3.02. The van der Waals surface area contributed by atoms with Crippen LogP contribution in [-0.2, 0) is 9.59 Å². The highest BCUT2D eigenvalue weighted by Crippen LogP contribution is 2.08. The smallest absolute Gasteiger partial charge is 0.276 e. The van der Waals surface area contributed by atoms with Crippen LogP contribution in [0.3, 0.4) is 0 Å². The van der Waals surface area contributed by atoms with Gasteiger partial charge in [0.2, 0.25) is 0 Å². The molecule has 0 unspecified atom stereocenters. The molecule has 0 saturated heterocycles. The van der Waals surface area contributed by atoms with Crippen molar-refractivity contribution < 1.29 is 19.1 Å². The number of rotatable bonds is 6. The molecule has 6 nitrogen and oxygen atoms in total. The van der Waals surface area contributed by atoms with E-state index in [1.165, 1.54) is 0 Å². The first-order valence-corrected chi connectivity index (χ1v) is 6.67. The summed E-state index contributed by atoms with van der Waals surface area (Å²) in [5.74, 6) is 0.238. The molecule has 114 valence electrons. The molecule has 0 aliphatic rings. The van der Waals surface area contributed by atoms with Gasteiger partial charge in [-0.3, -0.25) is 20.4 Å². The average Bonchev–Trinajstić information content (AvgIpc) is 2.58. The minimum atomic E-state index is -0.461. The Morgan fingerprint density at radius 2 is 1.05 bits per heavy atom. The summed E-state index contributed by atoms with van der Waals surface area (Å²) in [6.45, 7) is -0.381. The van der Waals surface area contributed by atoms with Crippen LogP contribution in [0.15, 0.2) is 60.7 Å². The molecule has 2 rings (SSSR count). The Labute approximate surface area is 128 Å². The van der Waals surface area contributed by atoms with E-state index < -0.39 is 11.8 Å². The number of nitrogens with one attached hydrogen (secondary N) is 2. The number of carbonyl (C=O) groups excluding carboxylic acids is 2. The largest absolute Gasteiger partial charge is 0.484 e. The zero-order valence-electron chi connectivity index (χ0n) is 11.8. The predicted octanol–water partition coefficient (Wildman–Crippen LogP) is 1.29. The van der Waals surface area contributed by atoms with Crippen LogP contribution < -0.4 is 20.3 Å². The number of ether oxygens (including phenoxy) is 2. The highest BCUT2D eigenvalue weighted by atomic mass is 16.5. The van der Waals surface area contributed by atoms with Gasteiger partial charge in [-0.25, -0.2) is 0 Å². The van der Waals surface area contributed by atoms with E-state index in [2.05, 4.69) is 10.9 Å². The molecule has 0 aliphatic carbocycles. The van der Waals surface area contributed by atoms with Gasteiger partial charge in [-0.1, -0.05) is 36.4 Å². The molecule has 0 fully saturated rings. The van der Waals surface area contributed by atoms with Crippen molar-refractivity contribution in [2.75, 3.05) is 13.2 Å². The third-order valence-electron chi connectivity index (χ3n) is 2.57. The van der Waals surface area contributed by atoms with Gasteiger partial charge in [-0.05, 0) is 24.3 Å². The second-order valence-corrected chi connectivity index (χ2v) is 4.30. The van der Waals surface area contributed by atoms with Crippen molar-refractivity contribution in [3.63, 3.8) is 0 Å². The maximum atomic E-state index is 11.5. The van der Waals surface area contributed by atoms with Crippen molar-refractivity contribution in [1.29, 1.82) is 0 Å². The maximum Gasteiger partial charge on any atom is 0.276 e. The SMILES string of the molecule is O=C(COc1ccccc1)NNC(=O)COc1ccccc1. The molecule has 0 atom stereocenters. The fourth-order valence-corrected chi connectivity index (χ4v) is 1.54. The maximum absolute atomic E-state index is 11.5. The van der Waals surface area contributed by atoms with Crippen LogP contribution in [-0.4, -0.2) is 25.0 Å². The first-order valence-electron chi connectivity index (χ1n) is 6.67. The Morgan fingerprint density at radius 1 is 0.682 bits per heavy atom. The van der Waals surface area contributed by atoms with E-state index in [1.54, 1.807) is 48.5 Å². The molecule has 22 heavy (non-hydrogen) atoms. The van der Waals surface area contributed by atoms with E-state index in [-0.39, 0.29) is 13.2 Å². The lowest BCUT2D eigenvalue weighted by atomic mass is 10.3. The molecule has 2 aromatic rings. The number of hydrogen-bond donors (Lipinski definition) is 2. The van der Waals surface area contributed by atoms with Crippen molar-refractivity contribution in [3.8, 4) is 11.5 Å². The predicted molar refractivity (Wildman–Crippen MR) is 80.2 cm³/mol. The van der Waals surface area contributed by atoms with Crippen LogP contribution in [0.4, 0.5) is 0 Å². The second kappa shape index (κ2) is 8.31. The molecule has 6 heteroatoms. The van der Waals surface area contributed by atoms with E-state index in [9.17, 15) is 9.59 Å². The lowest BCUT2D eigenvalue weighted by molar-refractivity contribution is -0.131. The van der Waals surface area contributed by atoms with E-state index in [4.69, 9.17) is 9.47 Å². The van der Waals surface area contributed by atoms with Gasteiger partial charge >= 0.3 is 0 Å². The molecule has 0 saturated carbocycles. The summed E-state index contributed by atoms with van der Waals surface area (Å²) in [5.41, 5.74) is 4.49. The minimum absolute atomic E-state index is 0.191. The third-order valence-corrected chi connectivity index (χ3v) is 2.57. The normalized spacial score (nSPS) is 9.64. The molecule has 0 radical (unpaired) electrons. The fraction of sp³-hybridized carbons (Fsp3) is 0.125. The first kappa shape index (κ1) is 15.4. The summed E-state index contributed by atoms with van der Waals surface area (Å²) in [4.78, 5) is 23.0. The van der Waals surface area contributed by atoms with Gasteiger partial charge < -0.3 is 9.47 Å². The minimum Gasteiger partial charge on any atom is -0.484 e. The molecule has 0 heterocycles. The van der Waals surface area contributed by atoms with Crippen molar-refractivity contribution in [1.82, 2.24) is 10.9 Å². The van der Waals surface area contributed by atoms with Crippen LogP contribution >= 0.6 is 0 Å². The number of para-hydroxylation sites is 2. The van der Waals surface area contributed by atoms with Crippen molar-refractivity contribution in [2.45, 2.75) is 0 Å². The van der Waals surface area contributed by atoms with Crippen LogP contribution in [0.5, 0.6) is 11.5 Å². The van der Waals surface area contributed by atoms with Crippen molar-refractivity contribution in [3.05, 3.63) is 60.7 Å². The summed E-state index contributed by atoms with van der Waals surface area (Å²) in [6.07, 6.45) is 0. The van der Waals surface area contributed by atoms with Crippen LogP contribution in [0.1, 0.15) is 0 Å². The van der Waals surface area contributed by atoms with Crippen molar-refractivity contribution in [2.24, 2.45) is 0 Å². The summed E-state index contributed by atoms with van der Waals surface area (Å²) >= 11 is 0. The number of benzene rings is 2. The van der Waals surface area contributed by atoms with E-state index in [0.717, 1.165) is 0 Å². The van der Waals surface area contributed by atoms with E-state index in [1.807, 2.05) is 12.1 Å². The molecule has 0 aromatic heterocycles. The second-order valence-electron chi connectivity index (χ2n) is 4.30. The van der Waals surface area contributed by atoms with Gasteiger partial charge in [-0.15, -0.1) is 0 Å². The summed E-state index contributed by atoms with van der Waals surface area (Å²) < 4.78 is 10.5. The molecular formula is C16H16N2O4. The standard InChI is InChI=1S/C16H16N2O4/c19-15(11-21-13-7-3-1-4-8-13)17-18-16(20)12-22-14-9-5-2-6-10-14/h1-10H,11-12H2,(H,17,19)(H,18,20). The lowest BCUT2D eigenvalue weighted by Gasteiger charge is -2.09. The zero-order chi connectivity index (χ0) is 15.6. The van der Waals surface area contributed by atoms with Crippen molar-refractivity contribution >= 4 is 11.8 Å². The lowest BCUT2D eigenvalue weighted by Crippen LogP contribution is -2.45. The van der Waals surface area contributed by atoms with Gasteiger partial charge in [0.05, 0.1) is 0 Å². The number of hydrogen-bond acceptors (Lipinski definition) is 4. The monoisotopic (exact) mass is 300 g/mol. The van der Waals surface area contributed by atoms with E-state index >= 15 is 0 Å². The van der Waals surface area contributed by atoms with Gasteiger partial charge in [0.15, 0.2) is 13.2 Å². The highest BCUT2D eigenvalue weighted by Gasteiger charge is 2.06. The Kier molecular flexibility index (Phi) is 5.80. The molecule has 0 bridgehead atoms.